The summed E-state index contributed by atoms with van der Waals surface area (Å²) in [4.78, 5) is 24.6. The van der Waals surface area contributed by atoms with E-state index in [9.17, 15) is 14.0 Å². The number of nitrogens with one attached hydrogen (secondary N) is 2. The Labute approximate surface area is 122 Å². The SMILES string of the molecule is CCN(CC)CCNC(=O)Nc1ccc(F)c(C(=O)O)c1. The summed E-state index contributed by atoms with van der Waals surface area (Å²) < 4.78 is 13.2. The maximum absolute atomic E-state index is 13.2. The Balaban J connectivity index is 2.52. The minimum Gasteiger partial charge on any atom is -0.478 e. The maximum Gasteiger partial charge on any atom is 0.338 e. The molecular weight excluding hydrogens is 277 g/mol. The molecule has 0 radical (unpaired) electrons. The molecule has 0 aliphatic carbocycles. The van der Waals surface area contributed by atoms with Crippen LogP contribution < -0.4 is 10.6 Å². The summed E-state index contributed by atoms with van der Waals surface area (Å²) in [6.45, 7) is 7.08. The van der Waals surface area contributed by atoms with E-state index in [-0.39, 0.29) is 5.69 Å². The smallest absolute Gasteiger partial charge is 0.338 e. The Kier molecular flexibility index (Phi) is 6.61. The van der Waals surface area contributed by atoms with Crippen LogP contribution in [0.5, 0.6) is 0 Å². The van der Waals surface area contributed by atoms with Gasteiger partial charge in [-0.2, -0.15) is 0 Å². The molecule has 2 amide bonds. The number of carbonyl (C=O) groups is 2. The first kappa shape index (κ1) is 16.9. The van der Waals surface area contributed by atoms with E-state index in [1.165, 1.54) is 6.07 Å². The molecule has 1 rings (SSSR count). The Morgan fingerprint density at radius 1 is 1.29 bits per heavy atom. The summed E-state index contributed by atoms with van der Waals surface area (Å²) in [5, 5.41) is 13.9. The van der Waals surface area contributed by atoms with E-state index in [2.05, 4.69) is 15.5 Å². The van der Waals surface area contributed by atoms with Crippen molar-refractivity contribution in [3.05, 3.63) is 29.6 Å². The van der Waals surface area contributed by atoms with Crippen molar-refractivity contribution in [1.29, 1.82) is 0 Å². The molecule has 0 atom stereocenters. The number of hydrogen-bond acceptors (Lipinski definition) is 3. The van der Waals surface area contributed by atoms with E-state index in [4.69, 9.17) is 5.11 Å². The third-order valence-electron chi connectivity index (χ3n) is 3.06. The predicted molar refractivity (Wildman–Crippen MR) is 78.2 cm³/mol. The normalized spacial score (nSPS) is 10.5. The lowest BCUT2D eigenvalue weighted by atomic mass is 10.2. The number of benzene rings is 1. The first-order chi connectivity index (χ1) is 9.97. The van der Waals surface area contributed by atoms with Crippen molar-refractivity contribution in [3.63, 3.8) is 0 Å². The third-order valence-corrected chi connectivity index (χ3v) is 3.06. The molecule has 0 saturated heterocycles. The molecule has 7 heteroatoms. The minimum absolute atomic E-state index is 0.231. The third kappa shape index (κ3) is 5.39. The number of carbonyl (C=O) groups excluding carboxylic acids is 1. The van der Waals surface area contributed by atoms with Crippen LogP contribution in [0.4, 0.5) is 14.9 Å². The van der Waals surface area contributed by atoms with E-state index in [1.807, 2.05) is 13.8 Å². The minimum atomic E-state index is -1.38. The number of halogens is 1. The highest BCUT2D eigenvalue weighted by atomic mass is 19.1. The maximum atomic E-state index is 13.2. The van der Waals surface area contributed by atoms with Crippen LogP contribution in [0.1, 0.15) is 24.2 Å². The van der Waals surface area contributed by atoms with Gasteiger partial charge >= 0.3 is 12.0 Å². The average molecular weight is 297 g/mol. The second kappa shape index (κ2) is 8.21. The van der Waals surface area contributed by atoms with Crippen molar-refractivity contribution in [2.24, 2.45) is 0 Å². The molecule has 0 aliphatic rings. The lowest BCUT2D eigenvalue weighted by Crippen LogP contribution is -2.36. The summed E-state index contributed by atoms with van der Waals surface area (Å²) in [6, 6.07) is 2.95. The van der Waals surface area contributed by atoms with E-state index >= 15 is 0 Å². The molecule has 21 heavy (non-hydrogen) atoms. The van der Waals surface area contributed by atoms with Crippen LogP contribution in [0, 0.1) is 5.82 Å². The summed E-state index contributed by atoms with van der Waals surface area (Å²) in [7, 11) is 0. The zero-order valence-corrected chi connectivity index (χ0v) is 12.1. The number of aromatic carboxylic acids is 1. The fraction of sp³-hybridized carbons (Fsp3) is 0.429. The molecule has 116 valence electrons. The summed E-state index contributed by atoms with van der Waals surface area (Å²) in [5.41, 5.74) is -0.245. The Hall–Kier alpha value is -2.15. The molecular formula is C14H20FN3O3. The summed E-state index contributed by atoms with van der Waals surface area (Å²) >= 11 is 0. The molecule has 0 heterocycles. The van der Waals surface area contributed by atoms with Gasteiger partial charge in [0.05, 0.1) is 5.56 Å². The van der Waals surface area contributed by atoms with Crippen LogP contribution in [0.15, 0.2) is 18.2 Å². The number of urea groups is 1. The van der Waals surface area contributed by atoms with E-state index in [0.29, 0.717) is 6.54 Å². The highest BCUT2D eigenvalue weighted by molar-refractivity contribution is 5.93. The Morgan fingerprint density at radius 2 is 1.95 bits per heavy atom. The van der Waals surface area contributed by atoms with Gasteiger partial charge < -0.3 is 20.6 Å². The van der Waals surface area contributed by atoms with Gasteiger partial charge in [0, 0.05) is 18.8 Å². The monoisotopic (exact) mass is 297 g/mol. The number of carboxylic acid groups (broad SMARTS) is 1. The quantitative estimate of drug-likeness (QED) is 0.719. The van der Waals surface area contributed by atoms with Crippen molar-refractivity contribution >= 4 is 17.7 Å². The Bertz CT molecular complexity index is 504. The van der Waals surface area contributed by atoms with Crippen LogP contribution in [0.2, 0.25) is 0 Å². The van der Waals surface area contributed by atoms with Gasteiger partial charge in [-0.05, 0) is 31.3 Å². The van der Waals surface area contributed by atoms with Crippen LogP contribution in [0.25, 0.3) is 0 Å². The summed E-state index contributed by atoms with van der Waals surface area (Å²) in [5.74, 6) is -2.21. The molecule has 1 aromatic rings. The molecule has 0 bridgehead atoms. The second-order valence-electron chi connectivity index (χ2n) is 4.41. The second-order valence-corrected chi connectivity index (χ2v) is 4.41. The lowest BCUT2D eigenvalue weighted by Gasteiger charge is -2.18. The largest absolute Gasteiger partial charge is 0.478 e. The molecule has 3 N–H and O–H groups in total. The fourth-order valence-electron chi connectivity index (χ4n) is 1.81. The van der Waals surface area contributed by atoms with Crippen LogP contribution in [0.3, 0.4) is 0 Å². The van der Waals surface area contributed by atoms with Crippen molar-refractivity contribution in [2.75, 3.05) is 31.5 Å². The number of nitrogens with zero attached hydrogens (tertiary/aromatic N) is 1. The fourth-order valence-corrected chi connectivity index (χ4v) is 1.81. The molecule has 0 spiro atoms. The standard InChI is InChI=1S/C14H20FN3O3/c1-3-18(4-2)8-7-16-14(21)17-10-5-6-12(15)11(9-10)13(19)20/h5-6,9H,3-4,7-8H2,1-2H3,(H,19,20)(H2,16,17,21). The van der Waals surface area contributed by atoms with Gasteiger partial charge in [0.1, 0.15) is 5.82 Å². The van der Waals surface area contributed by atoms with Gasteiger partial charge in [0.25, 0.3) is 0 Å². The molecule has 0 aromatic heterocycles. The average Bonchev–Trinajstić information content (AvgIpc) is 2.45. The van der Waals surface area contributed by atoms with Crippen LogP contribution in [-0.4, -0.2) is 48.2 Å². The van der Waals surface area contributed by atoms with Crippen LogP contribution >= 0.6 is 0 Å². The van der Waals surface area contributed by atoms with Gasteiger partial charge in [-0.25, -0.2) is 14.0 Å². The molecule has 0 fully saturated rings. The molecule has 6 nitrogen and oxygen atoms in total. The van der Waals surface area contributed by atoms with Crippen LogP contribution in [-0.2, 0) is 0 Å². The Morgan fingerprint density at radius 3 is 2.52 bits per heavy atom. The highest BCUT2D eigenvalue weighted by Crippen LogP contribution is 2.14. The molecule has 0 unspecified atom stereocenters. The highest BCUT2D eigenvalue weighted by Gasteiger charge is 2.12. The predicted octanol–water partition coefficient (Wildman–Crippen LogP) is 1.99. The number of anilines is 1. The van der Waals surface area contributed by atoms with Crippen molar-refractivity contribution < 1.29 is 19.1 Å². The lowest BCUT2D eigenvalue weighted by molar-refractivity contribution is 0.0692. The van der Waals surface area contributed by atoms with Gasteiger partial charge in [-0.15, -0.1) is 0 Å². The zero-order chi connectivity index (χ0) is 15.8. The number of amides is 2. The van der Waals surface area contributed by atoms with E-state index in [1.54, 1.807) is 0 Å². The van der Waals surface area contributed by atoms with E-state index < -0.39 is 23.4 Å². The first-order valence-electron chi connectivity index (χ1n) is 6.78. The topological polar surface area (TPSA) is 81.7 Å². The molecule has 0 aliphatic heterocycles. The van der Waals surface area contributed by atoms with Crippen molar-refractivity contribution in [3.8, 4) is 0 Å². The van der Waals surface area contributed by atoms with Gasteiger partial charge in [-0.1, -0.05) is 13.8 Å². The first-order valence-corrected chi connectivity index (χ1v) is 6.78. The summed E-state index contributed by atoms with van der Waals surface area (Å²) in [6.07, 6.45) is 0. The van der Waals surface area contributed by atoms with Gasteiger partial charge in [0.15, 0.2) is 0 Å². The van der Waals surface area contributed by atoms with Crippen molar-refractivity contribution in [1.82, 2.24) is 10.2 Å². The number of carboxylic acids is 1. The number of rotatable bonds is 7. The number of hydrogen-bond donors (Lipinski definition) is 3. The molecule has 1 aromatic carbocycles. The molecule has 0 saturated carbocycles. The van der Waals surface area contributed by atoms with Gasteiger partial charge in [-0.3, -0.25) is 0 Å². The van der Waals surface area contributed by atoms with E-state index in [0.717, 1.165) is 31.8 Å². The number of likely N-dealkylation sites (N-methyl/N-ethyl adjacent to an activating group) is 1. The zero-order valence-electron chi connectivity index (χ0n) is 12.1. The van der Waals surface area contributed by atoms with Gasteiger partial charge in [0.2, 0.25) is 0 Å². The van der Waals surface area contributed by atoms with Crippen molar-refractivity contribution in [2.45, 2.75) is 13.8 Å².